The fourth-order valence-electron chi connectivity index (χ4n) is 4.22. The van der Waals surface area contributed by atoms with Gasteiger partial charge in [-0.25, -0.2) is 0 Å². The molecule has 1 aromatic heterocycles. The van der Waals surface area contributed by atoms with E-state index in [2.05, 4.69) is 49.4 Å². The highest BCUT2D eigenvalue weighted by Gasteiger charge is 2.61. The molecular weight excluding hydrogens is 280 g/mol. The molecule has 1 aromatic rings. The van der Waals surface area contributed by atoms with Crippen LogP contribution in [0.4, 0.5) is 0 Å². The average molecular weight is 308 g/mol. The molecule has 1 aliphatic carbocycles. The SMILES string of the molecule is CC1(C)CC(CN)(N(Cc2ccsc2)C2CC2)C(C)(C)O1. The molecule has 1 unspecified atom stereocenters. The maximum Gasteiger partial charge on any atom is 0.0830 e. The lowest BCUT2D eigenvalue weighted by molar-refractivity contribution is -0.107. The van der Waals surface area contributed by atoms with Crippen LogP contribution in [-0.4, -0.2) is 34.2 Å². The number of ether oxygens (including phenoxy) is 1. The van der Waals surface area contributed by atoms with Gasteiger partial charge in [0.2, 0.25) is 0 Å². The van der Waals surface area contributed by atoms with Gasteiger partial charge in [0.25, 0.3) is 0 Å². The predicted molar refractivity (Wildman–Crippen MR) is 88.5 cm³/mol. The highest BCUT2D eigenvalue weighted by atomic mass is 32.1. The summed E-state index contributed by atoms with van der Waals surface area (Å²) < 4.78 is 6.40. The molecule has 118 valence electrons. The van der Waals surface area contributed by atoms with Crippen molar-refractivity contribution in [3.05, 3.63) is 22.4 Å². The van der Waals surface area contributed by atoms with Gasteiger partial charge in [-0.15, -0.1) is 0 Å². The topological polar surface area (TPSA) is 38.5 Å². The van der Waals surface area contributed by atoms with Crippen molar-refractivity contribution in [3.63, 3.8) is 0 Å². The second kappa shape index (κ2) is 5.05. The van der Waals surface area contributed by atoms with E-state index >= 15 is 0 Å². The number of thiophene rings is 1. The first-order valence-corrected chi connectivity index (χ1v) is 8.92. The fourth-order valence-corrected chi connectivity index (χ4v) is 4.88. The van der Waals surface area contributed by atoms with E-state index < -0.39 is 0 Å². The summed E-state index contributed by atoms with van der Waals surface area (Å²) in [6.07, 6.45) is 3.59. The lowest BCUT2D eigenvalue weighted by Crippen LogP contribution is -2.63. The Morgan fingerprint density at radius 2 is 2.05 bits per heavy atom. The first-order valence-electron chi connectivity index (χ1n) is 7.98. The minimum absolute atomic E-state index is 0.0698. The van der Waals surface area contributed by atoms with Crippen molar-refractivity contribution in [2.75, 3.05) is 6.54 Å². The summed E-state index contributed by atoms with van der Waals surface area (Å²) in [7, 11) is 0. The first kappa shape index (κ1) is 15.5. The van der Waals surface area contributed by atoms with Crippen molar-refractivity contribution in [1.82, 2.24) is 4.90 Å². The molecule has 1 saturated heterocycles. The van der Waals surface area contributed by atoms with Crippen molar-refractivity contribution in [2.45, 2.75) is 76.3 Å². The van der Waals surface area contributed by atoms with Gasteiger partial charge in [-0.3, -0.25) is 4.90 Å². The Bertz CT molecular complexity index is 493. The summed E-state index contributed by atoms with van der Waals surface area (Å²) in [4.78, 5) is 2.66. The minimum atomic E-state index is -0.218. The predicted octanol–water partition coefficient (Wildman–Crippen LogP) is 3.39. The summed E-state index contributed by atoms with van der Waals surface area (Å²) in [5, 5.41) is 4.42. The Labute approximate surface area is 132 Å². The molecule has 2 N–H and O–H groups in total. The van der Waals surface area contributed by atoms with Gasteiger partial charge in [-0.2, -0.15) is 11.3 Å². The van der Waals surface area contributed by atoms with Crippen LogP contribution >= 0.6 is 11.3 Å². The van der Waals surface area contributed by atoms with Gasteiger partial charge in [0.15, 0.2) is 0 Å². The molecule has 0 bridgehead atoms. The second-order valence-electron chi connectivity index (χ2n) is 7.78. The maximum absolute atomic E-state index is 6.40. The van der Waals surface area contributed by atoms with E-state index in [1.54, 1.807) is 11.3 Å². The molecule has 1 saturated carbocycles. The zero-order chi connectivity index (χ0) is 15.3. The van der Waals surface area contributed by atoms with Crippen LogP contribution in [0, 0.1) is 0 Å². The summed E-state index contributed by atoms with van der Waals surface area (Å²) in [5.41, 5.74) is 7.35. The molecule has 2 aliphatic rings. The first-order chi connectivity index (χ1) is 9.80. The summed E-state index contributed by atoms with van der Waals surface area (Å²) >= 11 is 1.77. The molecule has 3 nitrogen and oxygen atoms in total. The van der Waals surface area contributed by atoms with Crippen molar-refractivity contribution in [3.8, 4) is 0 Å². The molecule has 0 amide bonds. The van der Waals surface area contributed by atoms with Crippen LogP contribution in [0.1, 0.15) is 52.5 Å². The van der Waals surface area contributed by atoms with E-state index in [9.17, 15) is 0 Å². The Morgan fingerprint density at radius 1 is 1.33 bits per heavy atom. The van der Waals surface area contributed by atoms with Crippen LogP contribution in [-0.2, 0) is 11.3 Å². The zero-order valence-electron chi connectivity index (χ0n) is 13.7. The average Bonchev–Trinajstić information content (AvgIpc) is 3.03. The Kier molecular flexibility index (Phi) is 3.72. The van der Waals surface area contributed by atoms with Crippen molar-refractivity contribution >= 4 is 11.3 Å². The second-order valence-corrected chi connectivity index (χ2v) is 8.56. The minimum Gasteiger partial charge on any atom is -0.368 e. The van der Waals surface area contributed by atoms with Crippen LogP contribution in [0.25, 0.3) is 0 Å². The van der Waals surface area contributed by atoms with Gasteiger partial charge >= 0.3 is 0 Å². The standard InChI is InChI=1S/C17H28N2OS/c1-15(2)11-17(12-18,16(3,4)20-15)19(14-5-6-14)9-13-7-8-21-10-13/h7-8,10,14H,5-6,9,11-12,18H2,1-4H3. The zero-order valence-corrected chi connectivity index (χ0v) is 14.5. The summed E-state index contributed by atoms with van der Waals surface area (Å²) in [6.45, 7) is 10.5. The number of nitrogens with two attached hydrogens (primary N) is 1. The lowest BCUT2D eigenvalue weighted by atomic mass is 9.77. The normalized spacial score (nSPS) is 31.0. The van der Waals surface area contributed by atoms with E-state index in [0.29, 0.717) is 12.6 Å². The highest BCUT2D eigenvalue weighted by molar-refractivity contribution is 7.07. The van der Waals surface area contributed by atoms with Crippen LogP contribution in [0.15, 0.2) is 16.8 Å². The van der Waals surface area contributed by atoms with Crippen molar-refractivity contribution in [1.29, 1.82) is 0 Å². The molecule has 0 radical (unpaired) electrons. The monoisotopic (exact) mass is 308 g/mol. The molecule has 4 heteroatoms. The summed E-state index contributed by atoms with van der Waals surface area (Å²) in [5.74, 6) is 0. The van der Waals surface area contributed by atoms with Crippen LogP contribution < -0.4 is 5.73 Å². The molecule has 21 heavy (non-hydrogen) atoms. The molecular formula is C17H28N2OS. The van der Waals surface area contributed by atoms with Gasteiger partial charge in [0.1, 0.15) is 0 Å². The Balaban J connectivity index is 1.95. The molecule has 2 heterocycles. The quantitative estimate of drug-likeness (QED) is 0.906. The van der Waals surface area contributed by atoms with Crippen molar-refractivity contribution < 1.29 is 4.74 Å². The molecule has 2 fully saturated rings. The molecule has 1 aliphatic heterocycles. The third kappa shape index (κ3) is 2.67. The van der Waals surface area contributed by atoms with E-state index in [-0.39, 0.29) is 16.7 Å². The Hall–Kier alpha value is -0.420. The maximum atomic E-state index is 6.40. The fraction of sp³-hybridized carbons (Fsp3) is 0.765. The largest absolute Gasteiger partial charge is 0.368 e. The van der Waals surface area contributed by atoms with Gasteiger partial charge in [0, 0.05) is 19.1 Å². The van der Waals surface area contributed by atoms with Crippen molar-refractivity contribution in [2.24, 2.45) is 5.73 Å². The third-order valence-electron chi connectivity index (χ3n) is 5.18. The van der Waals surface area contributed by atoms with E-state index in [1.165, 1.54) is 18.4 Å². The number of nitrogens with zero attached hydrogens (tertiary/aromatic N) is 1. The smallest absolute Gasteiger partial charge is 0.0830 e. The molecule has 0 spiro atoms. The molecule has 3 rings (SSSR count). The highest BCUT2D eigenvalue weighted by Crippen LogP contribution is 2.51. The van der Waals surface area contributed by atoms with Crippen LogP contribution in [0.2, 0.25) is 0 Å². The van der Waals surface area contributed by atoms with Gasteiger partial charge in [0.05, 0.1) is 16.7 Å². The van der Waals surface area contributed by atoms with Gasteiger partial charge < -0.3 is 10.5 Å². The van der Waals surface area contributed by atoms with Crippen LogP contribution in [0.5, 0.6) is 0 Å². The lowest BCUT2D eigenvalue weighted by Gasteiger charge is -2.48. The third-order valence-corrected chi connectivity index (χ3v) is 5.91. The number of hydrogen-bond acceptors (Lipinski definition) is 4. The Morgan fingerprint density at radius 3 is 2.48 bits per heavy atom. The van der Waals surface area contributed by atoms with Crippen LogP contribution in [0.3, 0.4) is 0 Å². The van der Waals surface area contributed by atoms with E-state index in [1.807, 2.05) is 0 Å². The molecule has 0 aromatic carbocycles. The number of rotatable bonds is 5. The molecule has 1 atom stereocenters. The van der Waals surface area contributed by atoms with E-state index in [4.69, 9.17) is 10.5 Å². The van der Waals surface area contributed by atoms with Gasteiger partial charge in [-0.1, -0.05) is 0 Å². The summed E-state index contributed by atoms with van der Waals surface area (Å²) in [6, 6.07) is 2.91. The van der Waals surface area contributed by atoms with E-state index in [0.717, 1.165) is 13.0 Å². The number of hydrogen-bond donors (Lipinski definition) is 1. The van der Waals surface area contributed by atoms with Gasteiger partial charge in [-0.05, 0) is 69.3 Å².